The summed E-state index contributed by atoms with van der Waals surface area (Å²) >= 11 is 0. The van der Waals surface area contributed by atoms with Crippen molar-refractivity contribution in [2.75, 3.05) is 13.1 Å². The topological polar surface area (TPSA) is 29.9 Å². The quantitative estimate of drug-likeness (QED) is 0.745. The molecule has 84 valence electrons. The maximum absolute atomic E-state index is 4.36. The lowest BCUT2D eigenvalue weighted by atomic mass is 10.1. The molecule has 0 spiro atoms. The zero-order chi connectivity index (χ0) is 10.5. The van der Waals surface area contributed by atoms with E-state index in [1.54, 1.807) is 0 Å². The van der Waals surface area contributed by atoms with Crippen LogP contribution < -0.4 is 5.32 Å². The van der Waals surface area contributed by atoms with Crippen LogP contribution >= 0.6 is 0 Å². The van der Waals surface area contributed by atoms with Crippen LogP contribution in [-0.2, 0) is 13.5 Å². The number of hydrogen-bond donors (Lipinski definition) is 1. The maximum Gasteiger partial charge on any atom is 0.0637 e. The van der Waals surface area contributed by atoms with Crippen molar-refractivity contribution in [3.05, 3.63) is 18.0 Å². The molecule has 3 heteroatoms. The molecule has 1 N–H and O–H groups in total. The van der Waals surface area contributed by atoms with Crippen LogP contribution in [0.15, 0.2) is 12.3 Å². The lowest BCUT2D eigenvalue weighted by molar-refractivity contribution is 0.490. The molecule has 1 fully saturated rings. The van der Waals surface area contributed by atoms with Gasteiger partial charge in [-0.05, 0) is 31.4 Å². The fraction of sp³-hybridized carbons (Fsp3) is 0.750. The lowest BCUT2D eigenvalue weighted by Gasteiger charge is -2.09. The van der Waals surface area contributed by atoms with Crippen LogP contribution in [-0.4, -0.2) is 22.9 Å². The van der Waals surface area contributed by atoms with Crippen LogP contribution in [0.4, 0.5) is 0 Å². The zero-order valence-electron chi connectivity index (χ0n) is 9.58. The highest BCUT2D eigenvalue weighted by molar-refractivity contribution is 4.98. The van der Waals surface area contributed by atoms with Gasteiger partial charge in [-0.3, -0.25) is 4.68 Å². The van der Waals surface area contributed by atoms with Crippen molar-refractivity contribution < 1.29 is 0 Å². The summed E-state index contributed by atoms with van der Waals surface area (Å²) in [5, 5.41) is 7.89. The van der Waals surface area contributed by atoms with Crippen LogP contribution in [0.1, 0.15) is 31.4 Å². The highest BCUT2D eigenvalue weighted by atomic mass is 15.2. The molecule has 15 heavy (non-hydrogen) atoms. The van der Waals surface area contributed by atoms with E-state index >= 15 is 0 Å². The zero-order valence-corrected chi connectivity index (χ0v) is 9.58. The summed E-state index contributed by atoms with van der Waals surface area (Å²) in [5.74, 6) is 0.939. The summed E-state index contributed by atoms with van der Waals surface area (Å²) in [6.45, 7) is 2.26. The van der Waals surface area contributed by atoms with E-state index in [1.807, 2.05) is 17.9 Å². The van der Waals surface area contributed by atoms with Crippen molar-refractivity contribution in [3.63, 3.8) is 0 Å². The summed E-state index contributed by atoms with van der Waals surface area (Å²) in [4.78, 5) is 0. The predicted octanol–water partition coefficient (Wildman–Crippen LogP) is 1.74. The monoisotopic (exact) mass is 207 g/mol. The molecule has 1 aromatic heterocycles. The Bertz CT molecular complexity index is 287. The fourth-order valence-corrected chi connectivity index (χ4v) is 2.33. The van der Waals surface area contributed by atoms with Gasteiger partial charge in [0.2, 0.25) is 0 Å². The summed E-state index contributed by atoms with van der Waals surface area (Å²) in [6.07, 6.45) is 8.78. The Morgan fingerprint density at radius 1 is 1.47 bits per heavy atom. The first-order chi connectivity index (χ1) is 7.34. The van der Waals surface area contributed by atoms with Crippen molar-refractivity contribution in [3.8, 4) is 0 Å². The molecule has 0 aliphatic heterocycles. The Balaban J connectivity index is 1.58. The van der Waals surface area contributed by atoms with Gasteiger partial charge in [-0.1, -0.05) is 12.8 Å². The number of aromatic nitrogens is 2. The van der Waals surface area contributed by atoms with Gasteiger partial charge < -0.3 is 5.32 Å². The first kappa shape index (κ1) is 10.7. The number of rotatable bonds is 5. The van der Waals surface area contributed by atoms with E-state index in [2.05, 4.69) is 16.5 Å². The molecule has 1 aliphatic carbocycles. The van der Waals surface area contributed by atoms with Gasteiger partial charge >= 0.3 is 0 Å². The van der Waals surface area contributed by atoms with Gasteiger partial charge in [-0.15, -0.1) is 0 Å². The Labute approximate surface area is 91.9 Å². The minimum absolute atomic E-state index is 0.939. The molecule has 0 unspecified atom stereocenters. The van der Waals surface area contributed by atoms with E-state index in [9.17, 15) is 0 Å². The molecule has 0 radical (unpaired) electrons. The third-order valence-corrected chi connectivity index (χ3v) is 3.23. The molecule has 3 nitrogen and oxygen atoms in total. The van der Waals surface area contributed by atoms with Crippen LogP contribution in [0.25, 0.3) is 0 Å². The summed E-state index contributed by atoms with van der Waals surface area (Å²) in [7, 11) is 1.97. The third kappa shape index (κ3) is 3.34. The van der Waals surface area contributed by atoms with Crippen molar-refractivity contribution in [2.45, 2.75) is 32.1 Å². The number of aryl methyl sites for hydroxylation is 1. The lowest BCUT2D eigenvalue weighted by Crippen LogP contribution is -2.23. The molecule has 0 bridgehead atoms. The standard InChI is InChI=1S/C12H21N3/c1-15-9-7-12(14-15)6-8-13-10-11-4-2-3-5-11/h7,9,11,13H,2-6,8,10H2,1H3. The number of nitrogens with one attached hydrogen (secondary N) is 1. The Morgan fingerprint density at radius 3 is 2.93 bits per heavy atom. The van der Waals surface area contributed by atoms with Gasteiger partial charge in [0.05, 0.1) is 5.69 Å². The van der Waals surface area contributed by atoms with Crippen molar-refractivity contribution in [2.24, 2.45) is 13.0 Å². The summed E-state index contributed by atoms with van der Waals surface area (Å²) in [6, 6.07) is 2.09. The van der Waals surface area contributed by atoms with Gasteiger partial charge in [0.1, 0.15) is 0 Å². The van der Waals surface area contributed by atoms with E-state index < -0.39 is 0 Å². The van der Waals surface area contributed by atoms with E-state index in [0.717, 1.165) is 18.9 Å². The Hall–Kier alpha value is -0.830. The molecule has 1 aromatic rings. The molecule has 0 atom stereocenters. The van der Waals surface area contributed by atoms with Gasteiger partial charge in [-0.25, -0.2) is 0 Å². The second-order valence-corrected chi connectivity index (χ2v) is 4.59. The molecule has 2 rings (SSSR count). The SMILES string of the molecule is Cn1ccc(CCNCC2CCCC2)n1. The van der Waals surface area contributed by atoms with Gasteiger partial charge in [0.25, 0.3) is 0 Å². The molecular weight excluding hydrogens is 186 g/mol. The van der Waals surface area contributed by atoms with Crippen LogP contribution in [0.2, 0.25) is 0 Å². The minimum Gasteiger partial charge on any atom is -0.316 e. The molecule has 1 heterocycles. The van der Waals surface area contributed by atoms with Gasteiger partial charge in [0.15, 0.2) is 0 Å². The molecule has 0 saturated heterocycles. The van der Waals surface area contributed by atoms with Crippen LogP contribution in [0.3, 0.4) is 0 Å². The van der Waals surface area contributed by atoms with Gasteiger partial charge in [0, 0.05) is 26.2 Å². The molecule has 0 aromatic carbocycles. The van der Waals surface area contributed by atoms with Crippen LogP contribution in [0.5, 0.6) is 0 Å². The summed E-state index contributed by atoms with van der Waals surface area (Å²) in [5.41, 5.74) is 1.19. The smallest absolute Gasteiger partial charge is 0.0637 e. The largest absolute Gasteiger partial charge is 0.316 e. The van der Waals surface area contributed by atoms with E-state index in [-0.39, 0.29) is 0 Å². The molecule has 0 amide bonds. The maximum atomic E-state index is 4.36. The molecule has 1 aliphatic rings. The van der Waals surface area contributed by atoms with E-state index in [4.69, 9.17) is 0 Å². The predicted molar refractivity (Wildman–Crippen MR) is 61.7 cm³/mol. The van der Waals surface area contributed by atoms with E-state index in [0.29, 0.717) is 0 Å². The highest BCUT2D eigenvalue weighted by Gasteiger charge is 2.13. The number of hydrogen-bond acceptors (Lipinski definition) is 2. The van der Waals surface area contributed by atoms with E-state index in [1.165, 1.54) is 37.9 Å². The average Bonchev–Trinajstić information content (AvgIpc) is 2.84. The molecular formula is C12H21N3. The fourth-order valence-electron chi connectivity index (χ4n) is 2.33. The Morgan fingerprint density at radius 2 is 2.27 bits per heavy atom. The van der Waals surface area contributed by atoms with Crippen LogP contribution in [0, 0.1) is 5.92 Å². The second kappa shape index (κ2) is 5.31. The first-order valence-corrected chi connectivity index (χ1v) is 6.04. The summed E-state index contributed by atoms with van der Waals surface area (Å²) < 4.78 is 1.87. The minimum atomic E-state index is 0.939. The first-order valence-electron chi connectivity index (χ1n) is 6.04. The highest BCUT2D eigenvalue weighted by Crippen LogP contribution is 2.23. The molecule has 1 saturated carbocycles. The van der Waals surface area contributed by atoms with Crippen molar-refractivity contribution >= 4 is 0 Å². The van der Waals surface area contributed by atoms with Gasteiger partial charge in [-0.2, -0.15) is 5.10 Å². The van der Waals surface area contributed by atoms with Crippen molar-refractivity contribution in [1.29, 1.82) is 0 Å². The normalized spacial score (nSPS) is 17.4. The third-order valence-electron chi connectivity index (χ3n) is 3.23. The second-order valence-electron chi connectivity index (χ2n) is 4.59. The van der Waals surface area contributed by atoms with Crippen molar-refractivity contribution in [1.82, 2.24) is 15.1 Å². The Kier molecular flexibility index (Phi) is 3.78. The average molecular weight is 207 g/mol. The number of nitrogens with zero attached hydrogens (tertiary/aromatic N) is 2.